The summed E-state index contributed by atoms with van der Waals surface area (Å²) in [5.74, 6) is 1.29. The molecule has 5 rings (SSSR count). The molecule has 2 heterocycles. The summed E-state index contributed by atoms with van der Waals surface area (Å²) < 4.78 is 7.62. The lowest BCUT2D eigenvalue weighted by molar-refractivity contribution is 0.102. The molecule has 0 spiro atoms. The number of imidazole rings is 1. The summed E-state index contributed by atoms with van der Waals surface area (Å²) in [6.07, 6.45) is 1.90. The number of hydrogen-bond acceptors (Lipinski definition) is 4. The second-order valence-electron chi connectivity index (χ2n) is 6.66. The van der Waals surface area contributed by atoms with Gasteiger partial charge in [-0.05, 0) is 36.4 Å². The molecule has 0 radical (unpaired) electrons. The van der Waals surface area contributed by atoms with E-state index in [1.807, 2.05) is 101 Å². The maximum absolute atomic E-state index is 12.8. The second-order valence-corrected chi connectivity index (χ2v) is 7.50. The minimum absolute atomic E-state index is 0.185. The minimum Gasteiger partial charge on any atom is -0.457 e. The van der Waals surface area contributed by atoms with Crippen molar-refractivity contribution in [3.05, 3.63) is 102 Å². The van der Waals surface area contributed by atoms with Crippen LogP contribution in [0.2, 0.25) is 0 Å². The molecule has 0 fully saturated rings. The van der Waals surface area contributed by atoms with Crippen molar-refractivity contribution in [3.8, 4) is 22.8 Å². The van der Waals surface area contributed by atoms with E-state index in [0.29, 0.717) is 17.1 Å². The Hall–Kier alpha value is -3.90. The second kappa shape index (κ2) is 7.85. The van der Waals surface area contributed by atoms with E-state index in [9.17, 15) is 4.79 Å². The molecular formula is C24H17N3O2S. The van der Waals surface area contributed by atoms with Gasteiger partial charge in [0.1, 0.15) is 17.2 Å². The first-order valence-corrected chi connectivity index (χ1v) is 10.3. The Labute approximate surface area is 177 Å². The third-order valence-electron chi connectivity index (χ3n) is 4.60. The van der Waals surface area contributed by atoms with Gasteiger partial charge in [0.2, 0.25) is 0 Å². The van der Waals surface area contributed by atoms with Crippen LogP contribution in [0.15, 0.2) is 96.5 Å². The number of nitrogens with zero attached hydrogens (tertiary/aromatic N) is 2. The summed E-state index contributed by atoms with van der Waals surface area (Å²) in [6, 6.07) is 26.8. The predicted molar refractivity (Wildman–Crippen MR) is 119 cm³/mol. The summed E-state index contributed by atoms with van der Waals surface area (Å²) in [5.41, 5.74) is 3.12. The number of rotatable bonds is 5. The van der Waals surface area contributed by atoms with Gasteiger partial charge in [0, 0.05) is 22.8 Å². The average molecular weight is 411 g/mol. The van der Waals surface area contributed by atoms with Crippen LogP contribution >= 0.6 is 11.3 Å². The average Bonchev–Trinajstić information content (AvgIpc) is 3.37. The molecule has 146 valence electrons. The zero-order valence-corrected chi connectivity index (χ0v) is 16.7. The normalized spacial score (nSPS) is 10.8. The summed E-state index contributed by atoms with van der Waals surface area (Å²) in [5, 5.41) is 4.76. The van der Waals surface area contributed by atoms with E-state index in [4.69, 9.17) is 4.74 Å². The SMILES string of the molecule is O=C(Nc1ccc(Oc2ccccc2)cc1)c1csc2nc(-c3ccccc3)cn12. The predicted octanol–water partition coefficient (Wildman–Crippen LogP) is 6.11. The number of para-hydroxylation sites is 1. The molecule has 5 aromatic rings. The van der Waals surface area contributed by atoms with Gasteiger partial charge < -0.3 is 10.1 Å². The Morgan fingerprint density at radius 3 is 2.27 bits per heavy atom. The van der Waals surface area contributed by atoms with Crippen LogP contribution in [0.1, 0.15) is 10.5 Å². The highest BCUT2D eigenvalue weighted by molar-refractivity contribution is 7.15. The lowest BCUT2D eigenvalue weighted by Gasteiger charge is -2.08. The molecule has 1 N–H and O–H groups in total. The fourth-order valence-electron chi connectivity index (χ4n) is 3.12. The highest BCUT2D eigenvalue weighted by Crippen LogP contribution is 2.25. The van der Waals surface area contributed by atoms with Crippen LogP contribution in [0.25, 0.3) is 16.2 Å². The number of carbonyl (C=O) groups excluding carboxylic acids is 1. The Balaban J connectivity index is 1.33. The molecule has 2 aromatic heterocycles. The van der Waals surface area contributed by atoms with Crippen LogP contribution in [0.5, 0.6) is 11.5 Å². The fraction of sp³-hybridized carbons (Fsp3) is 0. The van der Waals surface area contributed by atoms with Crippen LogP contribution in [0, 0.1) is 0 Å². The highest BCUT2D eigenvalue weighted by atomic mass is 32.1. The molecule has 0 unspecified atom stereocenters. The minimum atomic E-state index is -0.185. The molecule has 0 saturated carbocycles. The molecule has 0 aliphatic carbocycles. The topological polar surface area (TPSA) is 55.6 Å². The van der Waals surface area contributed by atoms with Crippen LogP contribution in [0.3, 0.4) is 0 Å². The molecule has 5 nitrogen and oxygen atoms in total. The number of nitrogens with one attached hydrogen (secondary N) is 1. The maximum Gasteiger partial charge on any atom is 0.273 e. The largest absolute Gasteiger partial charge is 0.457 e. The molecule has 1 amide bonds. The van der Waals surface area contributed by atoms with Gasteiger partial charge in [0.05, 0.1) is 5.69 Å². The smallest absolute Gasteiger partial charge is 0.273 e. The number of carbonyl (C=O) groups is 1. The van der Waals surface area contributed by atoms with Gasteiger partial charge in [0.25, 0.3) is 5.91 Å². The van der Waals surface area contributed by atoms with Crippen LogP contribution in [-0.4, -0.2) is 15.3 Å². The molecule has 3 aromatic carbocycles. The van der Waals surface area contributed by atoms with E-state index >= 15 is 0 Å². The van der Waals surface area contributed by atoms with E-state index in [0.717, 1.165) is 22.0 Å². The van der Waals surface area contributed by atoms with Crippen molar-refractivity contribution < 1.29 is 9.53 Å². The molecular weight excluding hydrogens is 394 g/mol. The number of thiazole rings is 1. The fourth-order valence-corrected chi connectivity index (χ4v) is 3.97. The van der Waals surface area contributed by atoms with Crippen molar-refractivity contribution in [1.82, 2.24) is 9.38 Å². The zero-order valence-electron chi connectivity index (χ0n) is 15.9. The Morgan fingerprint density at radius 2 is 1.53 bits per heavy atom. The first-order valence-electron chi connectivity index (χ1n) is 9.42. The number of anilines is 1. The Kier molecular flexibility index (Phi) is 4.75. The van der Waals surface area contributed by atoms with E-state index in [2.05, 4.69) is 10.3 Å². The number of aromatic nitrogens is 2. The summed E-state index contributed by atoms with van der Waals surface area (Å²) >= 11 is 1.44. The highest BCUT2D eigenvalue weighted by Gasteiger charge is 2.15. The van der Waals surface area contributed by atoms with E-state index in [1.54, 1.807) is 0 Å². The maximum atomic E-state index is 12.8. The lowest BCUT2D eigenvalue weighted by atomic mass is 10.2. The van der Waals surface area contributed by atoms with Crippen molar-refractivity contribution in [2.24, 2.45) is 0 Å². The van der Waals surface area contributed by atoms with Crippen LogP contribution in [0.4, 0.5) is 5.69 Å². The van der Waals surface area contributed by atoms with Gasteiger partial charge in [-0.2, -0.15) is 0 Å². The van der Waals surface area contributed by atoms with Gasteiger partial charge in [-0.1, -0.05) is 48.5 Å². The van der Waals surface area contributed by atoms with Gasteiger partial charge in [-0.15, -0.1) is 11.3 Å². The van der Waals surface area contributed by atoms with E-state index in [1.165, 1.54) is 11.3 Å². The molecule has 6 heteroatoms. The zero-order chi connectivity index (χ0) is 20.3. The summed E-state index contributed by atoms with van der Waals surface area (Å²) in [6.45, 7) is 0. The van der Waals surface area contributed by atoms with Crippen molar-refractivity contribution >= 4 is 27.9 Å². The van der Waals surface area contributed by atoms with Gasteiger partial charge in [-0.3, -0.25) is 9.20 Å². The van der Waals surface area contributed by atoms with Crippen molar-refractivity contribution in [2.45, 2.75) is 0 Å². The number of amides is 1. The third kappa shape index (κ3) is 3.68. The quantitative estimate of drug-likeness (QED) is 0.380. The third-order valence-corrected chi connectivity index (χ3v) is 5.44. The molecule has 0 bridgehead atoms. The van der Waals surface area contributed by atoms with E-state index in [-0.39, 0.29) is 5.91 Å². The molecule has 0 aliphatic rings. The van der Waals surface area contributed by atoms with E-state index < -0.39 is 0 Å². The number of benzene rings is 3. The van der Waals surface area contributed by atoms with Gasteiger partial charge in [-0.25, -0.2) is 4.98 Å². The summed E-state index contributed by atoms with van der Waals surface area (Å²) in [4.78, 5) is 18.2. The Bertz CT molecular complexity index is 1290. The molecule has 0 saturated heterocycles. The standard InChI is InChI=1S/C24H17N3O2S/c28-23(25-18-11-13-20(14-12-18)29-19-9-5-2-6-10-19)22-16-30-24-26-21(15-27(22)24)17-7-3-1-4-8-17/h1-16H,(H,25,28). The number of fused-ring (bicyclic) bond motifs is 1. The molecule has 0 aliphatic heterocycles. The van der Waals surface area contributed by atoms with Crippen molar-refractivity contribution in [1.29, 1.82) is 0 Å². The number of hydrogen-bond donors (Lipinski definition) is 1. The first kappa shape index (κ1) is 18.1. The lowest BCUT2D eigenvalue weighted by Crippen LogP contribution is -2.13. The van der Waals surface area contributed by atoms with Crippen molar-refractivity contribution in [2.75, 3.05) is 5.32 Å². The van der Waals surface area contributed by atoms with Crippen LogP contribution in [-0.2, 0) is 0 Å². The van der Waals surface area contributed by atoms with Crippen LogP contribution < -0.4 is 10.1 Å². The number of ether oxygens (including phenoxy) is 1. The molecule has 0 atom stereocenters. The van der Waals surface area contributed by atoms with Gasteiger partial charge in [0.15, 0.2) is 4.96 Å². The Morgan fingerprint density at radius 1 is 0.867 bits per heavy atom. The van der Waals surface area contributed by atoms with Crippen molar-refractivity contribution in [3.63, 3.8) is 0 Å². The van der Waals surface area contributed by atoms with Gasteiger partial charge >= 0.3 is 0 Å². The summed E-state index contributed by atoms with van der Waals surface area (Å²) in [7, 11) is 0. The molecule has 30 heavy (non-hydrogen) atoms. The monoisotopic (exact) mass is 411 g/mol. The first-order chi connectivity index (χ1) is 14.8.